The normalized spacial score (nSPS) is 32.7. The van der Waals surface area contributed by atoms with Crippen molar-refractivity contribution in [2.24, 2.45) is 11.8 Å². The fourth-order valence-electron chi connectivity index (χ4n) is 2.28. The summed E-state index contributed by atoms with van der Waals surface area (Å²) >= 11 is 0. The van der Waals surface area contributed by atoms with Crippen molar-refractivity contribution in [3.63, 3.8) is 0 Å². The maximum absolute atomic E-state index is 8.58. The number of rotatable bonds is 0. The molecule has 0 aromatic rings. The fourth-order valence-corrected chi connectivity index (χ4v) is 2.28. The zero-order chi connectivity index (χ0) is 9.42. The van der Waals surface area contributed by atoms with Crippen LogP contribution in [-0.4, -0.2) is 0 Å². The summed E-state index contributed by atoms with van der Waals surface area (Å²) in [6.07, 6.45) is 7.31. The van der Waals surface area contributed by atoms with Gasteiger partial charge in [-0.2, -0.15) is 5.26 Å². The summed E-state index contributed by atoms with van der Waals surface area (Å²) < 4.78 is 0. The third kappa shape index (κ3) is 1.14. The van der Waals surface area contributed by atoms with Crippen LogP contribution in [0.4, 0.5) is 0 Å². The summed E-state index contributed by atoms with van der Waals surface area (Å²) in [6.45, 7) is 4.29. The van der Waals surface area contributed by atoms with Crippen molar-refractivity contribution < 1.29 is 0 Å². The van der Waals surface area contributed by atoms with Crippen LogP contribution >= 0.6 is 0 Å². The quantitative estimate of drug-likeness (QED) is 0.514. The van der Waals surface area contributed by atoms with E-state index in [-0.39, 0.29) is 0 Å². The molecule has 1 saturated carbocycles. The lowest BCUT2D eigenvalue weighted by Crippen LogP contribution is -2.25. The molecule has 1 fully saturated rings. The zero-order valence-electron chi connectivity index (χ0n) is 8.04. The van der Waals surface area contributed by atoms with Gasteiger partial charge in [0, 0.05) is 12.0 Å². The van der Waals surface area contributed by atoms with Gasteiger partial charge in [0.1, 0.15) is 0 Å². The molecule has 1 heteroatoms. The summed E-state index contributed by atoms with van der Waals surface area (Å²) in [5.74, 6) is 1.23. The first kappa shape index (κ1) is 8.31. The summed E-state index contributed by atoms with van der Waals surface area (Å²) in [5, 5.41) is 8.58. The van der Waals surface area contributed by atoms with Gasteiger partial charge in [-0.3, -0.25) is 0 Å². The van der Waals surface area contributed by atoms with Crippen LogP contribution in [0, 0.1) is 23.2 Å². The van der Waals surface area contributed by atoms with E-state index >= 15 is 0 Å². The smallest absolute Gasteiger partial charge is 0.0911 e. The van der Waals surface area contributed by atoms with Gasteiger partial charge in [0.05, 0.1) is 6.07 Å². The maximum atomic E-state index is 8.58. The third-order valence-corrected chi connectivity index (χ3v) is 2.98. The molecule has 2 aliphatic carbocycles. The van der Waals surface area contributed by atoms with Gasteiger partial charge in [-0.25, -0.2) is 0 Å². The van der Waals surface area contributed by atoms with E-state index in [9.17, 15) is 0 Å². The second kappa shape index (κ2) is 2.88. The van der Waals surface area contributed by atoms with Gasteiger partial charge in [-0.1, -0.05) is 23.3 Å². The van der Waals surface area contributed by atoms with Crippen molar-refractivity contribution in [1.82, 2.24) is 0 Å². The average Bonchev–Trinajstić information content (AvgIpc) is 2.38. The van der Waals surface area contributed by atoms with Crippen LogP contribution in [0.5, 0.6) is 0 Å². The molecule has 13 heavy (non-hydrogen) atoms. The average molecular weight is 171 g/mol. The molecule has 0 aromatic carbocycles. The highest BCUT2D eigenvalue weighted by Crippen LogP contribution is 2.50. The molecule has 0 aliphatic heterocycles. The molecular weight excluding hydrogens is 158 g/mol. The molecule has 0 spiro atoms. The molecule has 0 radical (unpaired) electrons. The van der Waals surface area contributed by atoms with E-state index in [2.05, 4.69) is 32.1 Å². The van der Waals surface area contributed by atoms with E-state index in [1.807, 2.05) is 0 Å². The van der Waals surface area contributed by atoms with Crippen LogP contribution in [0.1, 0.15) is 20.3 Å². The standard InChI is InChI=1S/C12H13N/c1-8(2)11-4-3-9-7-10(5-6-13)12(9)11/h3-5,9,12H,7H2,1-2H3/b10-5-. The van der Waals surface area contributed by atoms with E-state index in [1.54, 1.807) is 6.08 Å². The van der Waals surface area contributed by atoms with E-state index in [4.69, 9.17) is 5.26 Å². The minimum Gasteiger partial charge on any atom is -0.193 e. The van der Waals surface area contributed by atoms with Crippen molar-refractivity contribution >= 4 is 0 Å². The molecule has 0 aromatic heterocycles. The van der Waals surface area contributed by atoms with Crippen molar-refractivity contribution in [1.29, 1.82) is 5.26 Å². The number of fused-ring (bicyclic) bond motifs is 1. The molecule has 0 heterocycles. The van der Waals surface area contributed by atoms with E-state index in [0.29, 0.717) is 11.8 Å². The zero-order valence-corrected chi connectivity index (χ0v) is 8.04. The molecular formula is C12H13N. The number of allylic oxidation sites excluding steroid dienone is 6. The van der Waals surface area contributed by atoms with Gasteiger partial charge in [0.2, 0.25) is 0 Å². The lowest BCUT2D eigenvalue weighted by atomic mass is 9.69. The largest absolute Gasteiger partial charge is 0.193 e. The molecule has 2 atom stereocenters. The Labute approximate surface area is 79.1 Å². The Morgan fingerprint density at radius 1 is 1.62 bits per heavy atom. The van der Waals surface area contributed by atoms with E-state index in [0.717, 1.165) is 6.42 Å². The fraction of sp³-hybridized carbons (Fsp3) is 0.417. The molecule has 0 bridgehead atoms. The first-order valence-electron chi connectivity index (χ1n) is 4.68. The Balaban J connectivity index is 2.30. The molecule has 0 N–H and O–H groups in total. The SMILES string of the molecule is CC(C)=C1C=CC2C/C(=C/C#N)C12. The van der Waals surface area contributed by atoms with Crippen molar-refractivity contribution in [2.75, 3.05) is 0 Å². The predicted molar refractivity (Wildman–Crippen MR) is 52.8 cm³/mol. The van der Waals surface area contributed by atoms with Crippen molar-refractivity contribution in [3.05, 3.63) is 34.9 Å². The molecule has 2 aliphatic rings. The van der Waals surface area contributed by atoms with Crippen LogP contribution in [0.2, 0.25) is 0 Å². The lowest BCUT2D eigenvalue weighted by molar-refractivity contribution is 0.410. The Kier molecular flexibility index (Phi) is 1.84. The summed E-state index contributed by atoms with van der Waals surface area (Å²) in [4.78, 5) is 0. The molecule has 66 valence electrons. The molecule has 0 amide bonds. The highest BCUT2D eigenvalue weighted by Gasteiger charge is 2.39. The first-order chi connectivity index (χ1) is 6.24. The second-order valence-corrected chi connectivity index (χ2v) is 4.01. The van der Waals surface area contributed by atoms with Gasteiger partial charge in [0.15, 0.2) is 0 Å². The summed E-state index contributed by atoms with van der Waals surface area (Å²) in [5.41, 5.74) is 4.12. The first-order valence-corrected chi connectivity index (χ1v) is 4.68. The number of nitriles is 1. The van der Waals surface area contributed by atoms with Crippen molar-refractivity contribution in [3.8, 4) is 6.07 Å². The number of hydrogen-bond acceptors (Lipinski definition) is 1. The van der Waals surface area contributed by atoms with Gasteiger partial charge < -0.3 is 0 Å². The van der Waals surface area contributed by atoms with Crippen LogP contribution in [0.3, 0.4) is 0 Å². The minimum atomic E-state index is 0.546. The van der Waals surface area contributed by atoms with E-state index in [1.165, 1.54) is 16.7 Å². The van der Waals surface area contributed by atoms with Crippen LogP contribution in [0.25, 0.3) is 0 Å². The van der Waals surface area contributed by atoms with Crippen LogP contribution in [-0.2, 0) is 0 Å². The number of nitrogens with zero attached hydrogens (tertiary/aromatic N) is 1. The van der Waals surface area contributed by atoms with Gasteiger partial charge in [-0.15, -0.1) is 0 Å². The molecule has 0 saturated heterocycles. The minimum absolute atomic E-state index is 0.546. The van der Waals surface area contributed by atoms with Gasteiger partial charge in [0.25, 0.3) is 0 Å². The highest BCUT2D eigenvalue weighted by molar-refractivity contribution is 5.47. The summed E-state index contributed by atoms with van der Waals surface area (Å²) in [6, 6.07) is 2.13. The topological polar surface area (TPSA) is 23.8 Å². The number of hydrogen-bond donors (Lipinski definition) is 0. The Morgan fingerprint density at radius 3 is 3.00 bits per heavy atom. The predicted octanol–water partition coefficient (Wildman–Crippen LogP) is 2.98. The Morgan fingerprint density at radius 2 is 2.38 bits per heavy atom. The summed E-state index contributed by atoms with van der Waals surface area (Å²) in [7, 11) is 0. The maximum Gasteiger partial charge on any atom is 0.0911 e. The van der Waals surface area contributed by atoms with E-state index < -0.39 is 0 Å². The van der Waals surface area contributed by atoms with Crippen LogP contribution in [0.15, 0.2) is 34.9 Å². The highest BCUT2D eigenvalue weighted by atomic mass is 14.4. The second-order valence-electron chi connectivity index (χ2n) is 4.01. The Hall–Kier alpha value is -1.29. The Bertz CT molecular complexity index is 359. The van der Waals surface area contributed by atoms with Crippen molar-refractivity contribution in [2.45, 2.75) is 20.3 Å². The lowest BCUT2D eigenvalue weighted by Gasteiger charge is -2.35. The van der Waals surface area contributed by atoms with Gasteiger partial charge in [-0.05, 0) is 31.8 Å². The monoisotopic (exact) mass is 171 g/mol. The molecule has 2 unspecified atom stereocenters. The van der Waals surface area contributed by atoms with Crippen LogP contribution < -0.4 is 0 Å². The third-order valence-electron chi connectivity index (χ3n) is 2.98. The molecule has 1 nitrogen and oxygen atoms in total. The van der Waals surface area contributed by atoms with Gasteiger partial charge >= 0.3 is 0 Å². The molecule has 2 rings (SSSR count).